The molecule has 0 N–H and O–H groups in total. The van der Waals surface area contributed by atoms with Crippen LogP contribution >= 0.6 is 53.5 Å². The Labute approximate surface area is 240 Å². The molecule has 6 aromatic rings. The third-order valence-electron chi connectivity index (χ3n) is 6.73. The summed E-state index contributed by atoms with van der Waals surface area (Å²) in [7, 11) is -3.61. The Morgan fingerprint density at radius 1 is 0.474 bits per heavy atom. The smallest absolute Gasteiger partial charge is 0.171 e. The van der Waals surface area contributed by atoms with Crippen LogP contribution in [0.15, 0.2) is 115 Å². The normalized spacial score (nSPS) is 11.8. The van der Waals surface area contributed by atoms with Crippen LogP contribution in [-0.2, 0) is 4.57 Å². The van der Waals surface area contributed by atoms with E-state index in [9.17, 15) is 0 Å². The lowest BCUT2D eigenvalue weighted by atomic mass is 9.94. The van der Waals surface area contributed by atoms with Crippen LogP contribution in [0.5, 0.6) is 0 Å². The van der Waals surface area contributed by atoms with Gasteiger partial charge in [-0.05, 0) is 69.6 Å². The summed E-state index contributed by atoms with van der Waals surface area (Å²) in [5.74, 6) is 0. The van der Waals surface area contributed by atoms with Crippen LogP contribution in [0.2, 0.25) is 20.1 Å². The maximum atomic E-state index is 15.8. The van der Waals surface area contributed by atoms with E-state index in [0.29, 0.717) is 36.0 Å². The zero-order valence-corrected chi connectivity index (χ0v) is 23.8. The molecule has 0 saturated carbocycles. The highest BCUT2D eigenvalue weighted by Gasteiger charge is 2.34. The third kappa shape index (κ3) is 4.43. The number of rotatable bonds is 4. The van der Waals surface area contributed by atoms with Crippen molar-refractivity contribution in [3.05, 3.63) is 135 Å². The highest BCUT2D eigenvalue weighted by Crippen LogP contribution is 2.49. The fourth-order valence-electron chi connectivity index (χ4n) is 5.12. The molecule has 0 aliphatic heterocycles. The van der Waals surface area contributed by atoms with Crippen LogP contribution in [0.25, 0.3) is 32.7 Å². The van der Waals surface area contributed by atoms with Gasteiger partial charge in [0.25, 0.3) is 0 Å². The summed E-state index contributed by atoms with van der Waals surface area (Å²) in [6.45, 7) is 0. The number of halogens is 4. The second kappa shape index (κ2) is 10.1. The van der Waals surface area contributed by atoms with Crippen LogP contribution in [0.3, 0.4) is 0 Å². The van der Waals surface area contributed by atoms with Crippen LogP contribution in [-0.4, -0.2) is 0 Å². The van der Waals surface area contributed by atoms with Crippen molar-refractivity contribution in [2.24, 2.45) is 0 Å². The van der Waals surface area contributed by atoms with Gasteiger partial charge in [0.2, 0.25) is 0 Å². The lowest BCUT2D eigenvalue weighted by Gasteiger charge is -2.25. The molecule has 0 bridgehead atoms. The molecule has 0 heterocycles. The maximum Gasteiger partial charge on any atom is 0.171 e. The Morgan fingerprint density at radius 3 is 1.53 bits per heavy atom. The van der Waals surface area contributed by atoms with Crippen molar-refractivity contribution >= 4 is 91.0 Å². The van der Waals surface area contributed by atoms with Gasteiger partial charge in [0.15, 0.2) is 7.14 Å². The van der Waals surface area contributed by atoms with Crippen molar-refractivity contribution in [2.45, 2.75) is 0 Å². The van der Waals surface area contributed by atoms with Crippen molar-refractivity contribution in [3.8, 4) is 11.1 Å². The van der Waals surface area contributed by atoms with Gasteiger partial charge in [0.05, 0.1) is 0 Å². The van der Waals surface area contributed by atoms with Crippen molar-refractivity contribution < 1.29 is 4.57 Å². The topological polar surface area (TPSA) is 17.1 Å². The molecular formula is C32H19Cl4OP. The van der Waals surface area contributed by atoms with Gasteiger partial charge in [-0.15, -0.1) is 0 Å². The van der Waals surface area contributed by atoms with E-state index < -0.39 is 7.14 Å². The highest BCUT2D eigenvalue weighted by atomic mass is 35.5. The molecule has 1 nitrogen and oxygen atoms in total. The molecule has 0 fully saturated rings. The Kier molecular flexibility index (Phi) is 6.77. The van der Waals surface area contributed by atoms with E-state index in [1.807, 2.05) is 42.5 Å². The van der Waals surface area contributed by atoms with Crippen LogP contribution in [0, 0.1) is 0 Å². The first-order valence-corrected chi connectivity index (χ1v) is 15.1. The molecule has 6 rings (SSSR count). The van der Waals surface area contributed by atoms with E-state index >= 15 is 4.57 Å². The molecule has 0 radical (unpaired) electrons. The standard InChI is InChI=1S/C32H19Cl4OP/c33-22-14-23(34)17-26(16-22)38(37,27-18-24(35)15-25(36)19-27)31-13-12-21-7-2-4-10-29(21)32(31)30-11-5-8-20-6-1-3-9-28(20)30/h1-19H. The zero-order valence-electron chi connectivity index (χ0n) is 19.8. The number of fused-ring (bicyclic) bond motifs is 2. The quantitative estimate of drug-likeness (QED) is 0.186. The molecule has 0 unspecified atom stereocenters. The molecule has 0 amide bonds. The zero-order chi connectivity index (χ0) is 26.4. The fourth-order valence-corrected chi connectivity index (χ4v) is 9.45. The molecule has 186 valence electrons. The largest absolute Gasteiger partial charge is 0.309 e. The molecule has 0 saturated heterocycles. The van der Waals surface area contributed by atoms with Gasteiger partial charge in [-0.2, -0.15) is 0 Å². The van der Waals surface area contributed by atoms with Crippen molar-refractivity contribution in [1.82, 2.24) is 0 Å². The van der Waals surface area contributed by atoms with E-state index in [-0.39, 0.29) is 0 Å². The van der Waals surface area contributed by atoms with E-state index in [4.69, 9.17) is 46.4 Å². The first kappa shape index (κ1) is 25.5. The summed E-state index contributed by atoms with van der Waals surface area (Å²) in [6, 6.07) is 36.6. The summed E-state index contributed by atoms with van der Waals surface area (Å²) in [5.41, 5.74) is 1.87. The second-order valence-electron chi connectivity index (χ2n) is 9.07. The Morgan fingerprint density at radius 2 is 0.947 bits per heavy atom. The minimum Gasteiger partial charge on any atom is -0.309 e. The molecule has 6 heteroatoms. The van der Waals surface area contributed by atoms with E-state index in [2.05, 4.69) is 36.4 Å². The predicted molar refractivity (Wildman–Crippen MR) is 166 cm³/mol. The Bertz CT molecular complexity index is 1810. The Balaban J connectivity index is 1.81. The summed E-state index contributed by atoms with van der Waals surface area (Å²) in [6.07, 6.45) is 0. The summed E-state index contributed by atoms with van der Waals surface area (Å²) >= 11 is 25.9. The van der Waals surface area contributed by atoms with Gasteiger partial charge < -0.3 is 4.57 Å². The SMILES string of the molecule is O=P(c1cc(Cl)cc(Cl)c1)(c1cc(Cl)cc(Cl)c1)c1ccc2ccccc2c1-c1cccc2ccccc12. The lowest BCUT2D eigenvalue weighted by molar-refractivity contribution is 0.592. The van der Waals surface area contributed by atoms with Gasteiger partial charge >= 0.3 is 0 Å². The van der Waals surface area contributed by atoms with E-state index in [0.717, 1.165) is 32.7 Å². The molecule has 0 aliphatic carbocycles. The summed E-state index contributed by atoms with van der Waals surface area (Å²) in [5, 5.41) is 7.44. The number of hydrogen-bond acceptors (Lipinski definition) is 1. The molecule has 0 aromatic heterocycles. The van der Waals surface area contributed by atoms with E-state index in [1.165, 1.54) is 0 Å². The molecule has 0 spiro atoms. The van der Waals surface area contributed by atoms with Gasteiger partial charge in [0, 0.05) is 41.6 Å². The van der Waals surface area contributed by atoms with Crippen molar-refractivity contribution in [2.75, 3.05) is 0 Å². The predicted octanol–water partition coefficient (Wildman–Crippen LogP) is 9.91. The molecule has 6 aromatic carbocycles. The Hall–Kier alpha value is -2.77. The maximum absolute atomic E-state index is 15.8. The molecule has 0 atom stereocenters. The minimum absolute atomic E-state index is 0.397. The van der Waals surface area contributed by atoms with Gasteiger partial charge in [0.1, 0.15) is 0 Å². The second-order valence-corrected chi connectivity index (χ2v) is 13.6. The van der Waals surface area contributed by atoms with Gasteiger partial charge in [-0.3, -0.25) is 0 Å². The minimum atomic E-state index is -3.61. The van der Waals surface area contributed by atoms with Crippen LogP contribution in [0.1, 0.15) is 0 Å². The lowest BCUT2D eigenvalue weighted by Crippen LogP contribution is -2.27. The first-order valence-electron chi connectivity index (χ1n) is 11.9. The molecular weight excluding hydrogens is 573 g/mol. The monoisotopic (exact) mass is 590 g/mol. The van der Waals surface area contributed by atoms with Crippen molar-refractivity contribution in [1.29, 1.82) is 0 Å². The van der Waals surface area contributed by atoms with Crippen molar-refractivity contribution in [3.63, 3.8) is 0 Å². The summed E-state index contributed by atoms with van der Waals surface area (Å²) < 4.78 is 15.8. The van der Waals surface area contributed by atoms with Gasteiger partial charge in [-0.25, -0.2) is 0 Å². The first-order chi connectivity index (χ1) is 18.3. The average molecular weight is 592 g/mol. The van der Waals surface area contributed by atoms with Crippen LogP contribution in [0.4, 0.5) is 0 Å². The fraction of sp³-hybridized carbons (Fsp3) is 0. The highest BCUT2D eigenvalue weighted by molar-refractivity contribution is 7.85. The molecule has 38 heavy (non-hydrogen) atoms. The number of benzene rings is 6. The van der Waals surface area contributed by atoms with E-state index in [1.54, 1.807) is 36.4 Å². The molecule has 0 aliphatic rings. The van der Waals surface area contributed by atoms with Crippen LogP contribution < -0.4 is 15.9 Å². The average Bonchev–Trinajstić information content (AvgIpc) is 2.90. The summed E-state index contributed by atoms with van der Waals surface area (Å²) in [4.78, 5) is 0. The number of hydrogen-bond donors (Lipinski definition) is 0. The van der Waals surface area contributed by atoms with Gasteiger partial charge in [-0.1, -0.05) is 119 Å². The third-order valence-corrected chi connectivity index (χ3v) is 10.6.